The van der Waals surface area contributed by atoms with Crippen molar-refractivity contribution in [2.75, 3.05) is 12.4 Å². The summed E-state index contributed by atoms with van der Waals surface area (Å²) in [6.07, 6.45) is 0. The zero-order valence-corrected chi connectivity index (χ0v) is 21.0. The van der Waals surface area contributed by atoms with Gasteiger partial charge in [-0.1, -0.05) is 105 Å². The molecule has 168 valence electrons. The average molecular weight is 467 g/mol. The molecule has 0 aliphatic carbocycles. The van der Waals surface area contributed by atoms with E-state index in [1.54, 1.807) is 19.1 Å². The molecule has 3 aromatic rings. The Hall–Kier alpha value is -2.21. The number of carbonyl (C=O) groups is 1. The third kappa shape index (κ3) is 5.58. The van der Waals surface area contributed by atoms with Gasteiger partial charge in [0.15, 0.2) is 5.12 Å². The van der Waals surface area contributed by atoms with Crippen molar-refractivity contribution in [3.05, 3.63) is 96.3 Å². The minimum Gasteiger partial charge on any atom is -0.407 e. The zero-order chi connectivity index (χ0) is 23.2. The van der Waals surface area contributed by atoms with Gasteiger partial charge in [0.1, 0.15) is 5.82 Å². The van der Waals surface area contributed by atoms with Crippen molar-refractivity contribution in [2.45, 2.75) is 38.7 Å². The van der Waals surface area contributed by atoms with Crippen LogP contribution in [0.5, 0.6) is 0 Å². The molecular weight excluding hydrogens is 435 g/mol. The highest BCUT2D eigenvalue weighted by Crippen LogP contribution is 2.38. The second kappa shape index (κ2) is 10.6. The molecule has 0 aromatic heterocycles. The van der Waals surface area contributed by atoms with Crippen LogP contribution in [0.25, 0.3) is 0 Å². The molecular formula is C27H31FO2SSi. The van der Waals surface area contributed by atoms with E-state index in [2.05, 4.69) is 69.3 Å². The summed E-state index contributed by atoms with van der Waals surface area (Å²) in [7, 11) is -2.68. The normalized spacial score (nSPS) is 13.0. The number of halogens is 1. The van der Waals surface area contributed by atoms with Gasteiger partial charge in [-0.2, -0.15) is 0 Å². The summed E-state index contributed by atoms with van der Waals surface area (Å²) in [5, 5.41) is 2.38. The maximum absolute atomic E-state index is 13.6. The predicted molar refractivity (Wildman–Crippen MR) is 136 cm³/mol. The minimum absolute atomic E-state index is 0.0221. The summed E-state index contributed by atoms with van der Waals surface area (Å²) in [5.41, 5.74) is 0.984. The molecule has 5 heteroatoms. The molecule has 0 saturated carbocycles. The Bertz CT molecular complexity index is 962. The quantitative estimate of drug-likeness (QED) is 0.395. The van der Waals surface area contributed by atoms with Crippen molar-refractivity contribution in [1.82, 2.24) is 0 Å². The first-order valence-corrected chi connectivity index (χ1v) is 13.8. The molecule has 0 radical (unpaired) electrons. The lowest BCUT2D eigenvalue weighted by atomic mass is 10.0. The summed E-state index contributed by atoms with van der Waals surface area (Å²) in [6, 6.07) is 27.6. The van der Waals surface area contributed by atoms with Crippen LogP contribution in [0.3, 0.4) is 0 Å². The number of carbonyl (C=O) groups excluding carboxylic acids is 1. The number of hydrogen-bond donors (Lipinski definition) is 0. The molecule has 0 spiro atoms. The Labute approximate surface area is 196 Å². The Kier molecular flexibility index (Phi) is 8.09. The summed E-state index contributed by atoms with van der Waals surface area (Å²) in [4.78, 5) is 11.7. The second-order valence-corrected chi connectivity index (χ2v) is 14.5. The van der Waals surface area contributed by atoms with Crippen LogP contribution >= 0.6 is 11.8 Å². The van der Waals surface area contributed by atoms with Crippen molar-refractivity contribution in [3.63, 3.8) is 0 Å². The first-order valence-electron chi connectivity index (χ1n) is 10.9. The molecule has 32 heavy (non-hydrogen) atoms. The summed E-state index contributed by atoms with van der Waals surface area (Å²) in [6.45, 7) is 8.78. The van der Waals surface area contributed by atoms with Crippen molar-refractivity contribution in [2.24, 2.45) is 0 Å². The van der Waals surface area contributed by atoms with E-state index in [9.17, 15) is 9.18 Å². The Morgan fingerprint density at radius 2 is 1.41 bits per heavy atom. The molecule has 3 aromatic carbocycles. The molecule has 2 nitrogen and oxygen atoms in total. The lowest BCUT2D eigenvalue weighted by Crippen LogP contribution is -2.66. The van der Waals surface area contributed by atoms with Crippen LogP contribution in [-0.4, -0.2) is 25.8 Å². The van der Waals surface area contributed by atoms with Gasteiger partial charge in [-0.15, -0.1) is 0 Å². The van der Waals surface area contributed by atoms with Gasteiger partial charge in [-0.3, -0.25) is 4.79 Å². The summed E-state index contributed by atoms with van der Waals surface area (Å²) in [5.74, 6) is 0.310. The van der Waals surface area contributed by atoms with E-state index in [0.29, 0.717) is 12.4 Å². The second-order valence-electron chi connectivity index (χ2n) is 9.03. The van der Waals surface area contributed by atoms with Gasteiger partial charge in [0.05, 0.1) is 0 Å². The smallest absolute Gasteiger partial charge is 0.261 e. The predicted octanol–water partition coefficient (Wildman–Crippen LogP) is 5.77. The molecule has 0 saturated heterocycles. The molecule has 0 amide bonds. The third-order valence-electron chi connectivity index (χ3n) is 5.75. The molecule has 3 rings (SSSR count). The molecule has 0 aliphatic heterocycles. The number of benzene rings is 3. The number of thioether (sulfide) groups is 1. The maximum atomic E-state index is 13.6. The van der Waals surface area contributed by atoms with Gasteiger partial charge in [-0.05, 0) is 33.1 Å². The fraction of sp³-hybridized carbons (Fsp3) is 0.296. The SMILES string of the molecule is CC(=O)SCC(CO[Si](c1ccccc1)(c1ccccc1)C(C)(C)C)c1ccc(F)cc1. The van der Waals surface area contributed by atoms with Crippen molar-refractivity contribution >= 4 is 35.6 Å². The molecule has 1 atom stereocenters. The van der Waals surface area contributed by atoms with E-state index in [1.165, 1.54) is 34.3 Å². The maximum Gasteiger partial charge on any atom is 0.261 e. The molecule has 0 N–H and O–H groups in total. The van der Waals surface area contributed by atoms with Crippen LogP contribution in [0, 0.1) is 5.82 Å². The standard InChI is InChI=1S/C27H31FO2SSi/c1-21(29)31-20-23(22-15-17-24(28)18-16-22)19-30-32(27(2,3)4,25-11-7-5-8-12-25)26-13-9-6-10-14-26/h5-18,23H,19-20H2,1-4H3. The molecule has 1 unspecified atom stereocenters. The molecule has 0 bridgehead atoms. The van der Waals surface area contributed by atoms with Crippen molar-refractivity contribution in [3.8, 4) is 0 Å². The topological polar surface area (TPSA) is 26.3 Å². The largest absolute Gasteiger partial charge is 0.407 e. The fourth-order valence-electron chi connectivity index (χ4n) is 4.18. The van der Waals surface area contributed by atoms with Gasteiger partial charge < -0.3 is 4.43 Å². The highest BCUT2D eigenvalue weighted by molar-refractivity contribution is 8.13. The Morgan fingerprint density at radius 3 is 1.84 bits per heavy atom. The fourth-order valence-corrected chi connectivity index (χ4v) is 9.51. The van der Waals surface area contributed by atoms with Gasteiger partial charge in [-0.25, -0.2) is 4.39 Å². The van der Waals surface area contributed by atoms with E-state index in [0.717, 1.165) is 5.56 Å². The van der Waals surface area contributed by atoms with E-state index in [1.807, 2.05) is 12.1 Å². The monoisotopic (exact) mass is 466 g/mol. The lowest BCUT2D eigenvalue weighted by Gasteiger charge is -2.43. The van der Waals surface area contributed by atoms with Gasteiger partial charge in [0, 0.05) is 25.2 Å². The summed E-state index contributed by atoms with van der Waals surface area (Å²) < 4.78 is 20.6. The lowest BCUT2D eigenvalue weighted by molar-refractivity contribution is -0.109. The van der Waals surface area contributed by atoms with Crippen LogP contribution in [0.2, 0.25) is 5.04 Å². The Morgan fingerprint density at radius 1 is 0.906 bits per heavy atom. The highest BCUT2D eigenvalue weighted by Gasteiger charge is 2.50. The van der Waals surface area contributed by atoms with Crippen LogP contribution in [0.1, 0.15) is 39.2 Å². The van der Waals surface area contributed by atoms with Crippen molar-refractivity contribution in [1.29, 1.82) is 0 Å². The first kappa shape index (κ1) is 24.4. The zero-order valence-electron chi connectivity index (χ0n) is 19.2. The van der Waals surface area contributed by atoms with Gasteiger partial charge >= 0.3 is 0 Å². The first-order chi connectivity index (χ1) is 15.2. The van der Waals surface area contributed by atoms with E-state index < -0.39 is 8.32 Å². The minimum atomic E-state index is -2.68. The molecule has 0 fully saturated rings. The number of rotatable bonds is 8. The Balaban J connectivity index is 2.04. The van der Waals surface area contributed by atoms with Crippen LogP contribution in [0.15, 0.2) is 84.9 Å². The van der Waals surface area contributed by atoms with E-state index in [-0.39, 0.29) is 21.9 Å². The molecule has 0 heterocycles. The van der Waals surface area contributed by atoms with Crippen molar-refractivity contribution < 1.29 is 13.6 Å². The molecule has 0 aliphatic rings. The van der Waals surface area contributed by atoms with E-state index in [4.69, 9.17) is 4.43 Å². The number of hydrogen-bond acceptors (Lipinski definition) is 3. The summed E-state index contributed by atoms with van der Waals surface area (Å²) >= 11 is 1.29. The van der Waals surface area contributed by atoms with E-state index >= 15 is 0 Å². The highest BCUT2D eigenvalue weighted by atomic mass is 32.2. The van der Waals surface area contributed by atoms with Crippen LogP contribution in [-0.2, 0) is 9.22 Å². The van der Waals surface area contributed by atoms with Crippen LogP contribution in [0.4, 0.5) is 4.39 Å². The van der Waals surface area contributed by atoms with Gasteiger partial charge in [0.2, 0.25) is 0 Å². The average Bonchev–Trinajstić information content (AvgIpc) is 2.77. The van der Waals surface area contributed by atoms with Crippen LogP contribution < -0.4 is 10.4 Å². The third-order valence-corrected chi connectivity index (χ3v) is 11.7. The van der Waals surface area contributed by atoms with Gasteiger partial charge in [0.25, 0.3) is 8.32 Å².